The Labute approximate surface area is 154 Å². The van der Waals surface area contributed by atoms with Crippen LogP contribution in [0.15, 0.2) is 59.3 Å². The van der Waals surface area contributed by atoms with Crippen molar-refractivity contribution in [1.82, 2.24) is 9.97 Å². The van der Waals surface area contributed by atoms with Crippen LogP contribution in [0.4, 0.5) is 17.2 Å². The molecule has 0 aliphatic heterocycles. The Balaban J connectivity index is 1.77. The number of nitrogen functional groups attached to an aromatic ring is 1. The largest absolute Gasteiger partial charge is 0.494 e. The fourth-order valence-electron chi connectivity index (χ4n) is 2.11. The molecule has 0 bridgehead atoms. The molecule has 0 atom stereocenters. The van der Waals surface area contributed by atoms with Gasteiger partial charge in [-0.15, -0.1) is 0 Å². The van der Waals surface area contributed by atoms with Crippen molar-refractivity contribution in [2.45, 2.75) is 6.92 Å². The molecule has 0 saturated carbocycles. The van der Waals surface area contributed by atoms with Crippen molar-refractivity contribution in [3.63, 3.8) is 0 Å². The maximum absolute atomic E-state index is 6.14. The van der Waals surface area contributed by atoms with Crippen LogP contribution in [0.5, 0.6) is 17.4 Å². The minimum Gasteiger partial charge on any atom is -0.494 e. The molecule has 1 aromatic heterocycles. The molecule has 0 fully saturated rings. The van der Waals surface area contributed by atoms with Crippen molar-refractivity contribution in [2.75, 3.05) is 17.7 Å². The topological polar surface area (TPSA) is 82.3 Å². The predicted molar refractivity (Wildman–Crippen MR) is 102 cm³/mol. The molecule has 0 saturated heterocycles. The quantitative estimate of drug-likeness (QED) is 0.620. The summed E-state index contributed by atoms with van der Waals surface area (Å²) in [6.45, 7) is 2.57. The molecule has 0 spiro atoms. The summed E-state index contributed by atoms with van der Waals surface area (Å²) >= 11 is 3.38. The number of benzene rings is 2. The average molecular weight is 401 g/mol. The number of anilines is 3. The molecule has 128 valence electrons. The maximum Gasteiger partial charge on any atom is 0.248 e. The van der Waals surface area contributed by atoms with E-state index in [0.717, 1.165) is 15.9 Å². The van der Waals surface area contributed by atoms with Gasteiger partial charge in [0.15, 0.2) is 5.82 Å². The lowest BCUT2D eigenvalue weighted by atomic mass is 10.3. The molecule has 0 aliphatic carbocycles. The van der Waals surface area contributed by atoms with E-state index in [1.54, 1.807) is 0 Å². The van der Waals surface area contributed by atoms with Gasteiger partial charge in [0.05, 0.1) is 6.61 Å². The number of halogens is 1. The Morgan fingerprint density at radius 3 is 2.36 bits per heavy atom. The number of hydrogen-bond acceptors (Lipinski definition) is 6. The lowest BCUT2D eigenvalue weighted by Gasteiger charge is -2.12. The monoisotopic (exact) mass is 400 g/mol. The smallest absolute Gasteiger partial charge is 0.248 e. The van der Waals surface area contributed by atoms with Crippen molar-refractivity contribution in [2.24, 2.45) is 0 Å². The fraction of sp³-hybridized carbons (Fsp3) is 0.111. The van der Waals surface area contributed by atoms with Gasteiger partial charge in [-0.1, -0.05) is 15.9 Å². The summed E-state index contributed by atoms with van der Waals surface area (Å²) in [7, 11) is 0. The van der Waals surface area contributed by atoms with E-state index in [1.165, 1.54) is 6.33 Å². The van der Waals surface area contributed by atoms with Crippen LogP contribution < -0.4 is 20.5 Å². The van der Waals surface area contributed by atoms with E-state index in [9.17, 15) is 0 Å². The van der Waals surface area contributed by atoms with Gasteiger partial charge < -0.3 is 20.5 Å². The van der Waals surface area contributed by atoms with Gasteiger partial charge >= 0.3 is 0 Å². The summed E-state index contributed by atoms with van der Waals surface area (Å²) in [5.74, 6) is 2.22. The molecule has 25 heavy (non-hydrogen) atoms. The number of hydrogen-bond donors (Lipinski definition) is 2. The second kappa shape index (κ2) is 7.85. The summed E-state index contributed by atoms with van der Waals surface area (Å²) in [4.78, 5) is 8.29. The standard InChI is InChI=1S/C18H17BrN4O2/c1-2-24-14-9-5-13(6-10-14)23-17-16(20)18(22-11-21-17)25-15-7-3-12(19)4-8-15/h3-11H,2,20H2,1H3,(H,21,22,23). The fourth-order valence-corrected chi connectivity index (χ4v) is 2.38. The highest BCUT2D eigenvalue weighted by atomic mass is 79.9. The minimum atomic E-state index is 0.297. The van der Waals surface area contributed by atoms with Crippen LogP contribution >= 0.6 is 15.9 Å². The summed E-state index contributed by atoms with van der Waals surface area (Å²) < 4.78 is 12.1. The first-order valence-corrected chi connectivity index (χ1v) is 8.49. The van der Waals surface area contributed by atoms with E-state index in [2.05, 4.69) is 31.2 Å². The normalized spacial score (nSPS) is 10.3. The highest BCUT2D eigenvalue weighted by Crippen LogP contribution is 2.31. The van der Waals surface area contributed by atoms with Gasteiger partial charge in [-0.3, -0.25) is 0 Å². The van der Waals surface area contributed by atoms with Crippen LogP contribution in [0.1, 0.15) is 6.92 Å². The summed E-state index contributed by atoms with van der Waals surface area (Å²) in [5.41, 5.74) is 7.31. The molecule has 0 unspecified atom stereocenters. The number of ether oxygens (including phenoxy) is 2. The van der Waals surface area contributed by atoms with E-state index in [0.29, 0.717) is 29.7 Å². The van der Waals surface area contributed by atoms with Gasteiger partial charge in [0.2, 0.25) is 5.88 Å². The lowest BCUT2D eigenvalue weighted by Crippen LogP contribution is -2.03. The molecule has 3 rings (SSSR count). The second-order valence-corrected chi connectivity index (χ2v) is 6.00. The molecule has 3 aromatic rings. The zero-order valence-electron chi connectivity index (χ0n) is 13.6. The van der Waals surface area contributed by atoms with Crippen LogP contribution in [-0.4, -0.2) is 16.6 Å². The number of rotatable bonds is 6. The molecule has 0 aliphatic rings. The van der Waals surface area contributed by atoms with Gasteiger partial charge in [-0.05, 0) is 55.5 Å². The summed E-state index contributed by atoms with van der Waals surface area (Å²) in [5, 5.41) is 3.16. The Hall–Kier alpha value is -2.80. The average Bonchev–Trinajstić information content (AvgIpc) is 2.62. The Bertz CT molecular complexity index is 839. The minimum absolute atomic E-state index is 0.297. The van der Waals surface area contributed by atoms with Crippen molar-refractivity contribution < 1.29 is 9.47 Å². The third kappa shape index (κ3) is 4.39. The molecule has 0 radical (unpaired) electrons. The van der Waals surface area contributed by atoms with Crippen LogP contribution in [0.25, 0.3) is 0 Å². The highest BCUT2D eigenvalue weighted by Gasteiger charge is 2.11. The first-order valence-electron chi connectivity index (χ1n) is 7.69. The van der Waals surface area contributed by atoms with E-state index in [4.69, 9.17) is 15.2 Å². The molecule has 2 aromatic carbocycles. The zero-order chi connectivity index (χ0) is 17.6. The van der Waals surface area contributed by atoms with E-state index in [-0.39, 0.29) is 0 Å². The zero-order valence-corrected chi connectivity index (χ0v) is 15.2. The SMILES string of the molecule is CCOc1ccc(Nc2ncnc(Oc3ccc(Br)cc3)c2N)cc1. The van der Waals surface area contributed by atoms with Crippen LogP contribution in [0.3, 0.4) is 0 Å². The van der Waals surface area contributed by atoms with Crippen LogP contribution in [0.2, 0.25) is 0 Å². The molecule has 1 heterocycles. The van der Waals surface area contributed by atoms with Crippen LogP contribution in [-0.2, 0) is 0 Å². The maximum atomic E-state index is 6.14. The second-order valence-electron chi connectivity index (χ2n) is 5.08. The molecule has 6 nitrogen and oxygen atoms in total. The third-order valence-electron chi connectivity index (χ3n) is 3.30. The Morgan fingerprint density at radius 1 is 1.00 bits per heavy atom. The molecule has 7 heteroatoms. The highest BCUT2D eigenvalue weighted by molar-refractivity contribution is 9.10. The van der Waals surface area contributed by atoms with Crippen LogP contribution in [0, 0.1) is 0 Å². The van der Waals surface area contributed by atoms with Gasteiger partial charge in [-0.2, -0.15) is 4.98 Å². The van der Waals surface area contributed by atoms with Crippen molar-refractivity contribution in [3.05, 3.63) is 59.3 Å². The van der Waals surface area contributed by atoms with Crippen molar-refractivity contribution >= 4 is 33.1 Å². The number of nitrogens with zero attached hydrogens (tertiary/aromatic N) is 2. The summed E-state index contributed by atoms with van der Waals surface area (Å²) in [6.07, 6.45) is 1.40. The first kappa shape index (κ1) is 17.0. The van der Waals surface area contributed by atoms with Gasteiger partial charge in [0, 0.05) is 10.2 Å². The van der Waals surface area contributed by atoms with Crippen molar-refractivity contribution in [1.29, 1.82) is 0 Å². The van der Waals surface area contributed by atoms with E-state index < -0.39 is 0 Å². The van der Waals surface area contributed by atoms with Gasteiger partial charge in [-0.25, -0.2) is 4.98 Å². The molecular weight excluding hydrogens is 384 g/mol. The Kier molecular flexibility index (Phi) is 5.35. The number of aromatic nitrogens is 2. The lowest BCUT2D eigenvalue weighted by molar-refractivity contribution is 0.340. The first-order chi connectivity index (χ1) is 12.2. The molecule has 3 N–H and O–H groups in total. The van der Waals surface area contributed by atoms with Gasteiger partial charge in [0.1, 0.15) is 23.5 Å². The molecule has 0 amide bonds. The van der Waals surface area contributed by atoms with E-state index >= 15 is 0 Å². The van der Waals surface area contributed by atoms with Gasteiger partial charge in [0.25, 0.3) is 0 Å². The number of nitrogens with one attached hydrogen (secondary N) is 1. The predicted octanol–water partition coefficient (Wildman–Crippen LogP) is 4.76. The Morgan fingerprint density at radius 2 is 1.68 bits per heavy atom. The number of nitrogens with two attached hydrogens (primary N) is 1. The third-order valence-corrected chi connectivity index (χ3v) is 3.83. The van der Waals surface area contributed by atoms with Crippen molar-refractivity contribution in [3.8, 4) is 17.4 Å². The summed E-state index contributed by atoms with van der Waals surface area (Å²) in [6, 6.07) is 14.9. The van der Waals surface area contributed by atoms with E-state index in [1.807, 2.05) is 55.5 Å². The molecular formula is C18H17BrN4O2.